The van der Waals surface area contributed by atoms with Crippen molar-refractivity contribution >= 4 is 11.8 Å². The molecular weight excluding hydrogens is 332 g/mol. The lowest BCUT2D eigenvalue weighted by Crippen LogP contribution is -2.43. The quantitative estimate of drug-likeness (QED) is 0.771. The Labute approximate surface area is 151 Å². The van der Waals surface area contributed by atoms with Crippen molar-refractivity contribution in [1.29, 1.82) is 0 Å². The Bertz CT molecular complexity index is 816. The molecule has 6 nitrogen and oxygen atoms in total. The number of hydrogen-bond acceptors (Lipinski definition) is 5. The summed E-state index contributed by atoms with van der Waals surface area (Å²) in [5.41, 5.74) is 0.974. The van der Waals surface area contributed by atoms with Crippen LogP contribution in [0.2, 0.25) is 0 Å². The molecule has 2 amide bonds. The molecule has 26 heavy (non-hydrogen) atoms. The molecule has 0 radical (unpaired) electrons. The zero-order valence-corrected chi connectivity index (χ0v) is 14.6. The zero-order chi connectivity index (χ0) is 18.1. The van der Waals surface area contributed by atoms with Gasteiger partial charge in [0.1, 0.15) is 12.7 Å². The first-order chi connectivity index (χ1) is 12.6. The summed E-state index contributed by atoms with van der Waals surface area (Å²) in [6.07, 6.45) is -0.0860. The summed E-state index contributed by atoms with van der Waals surface area (Å²) in [6, 6.07) is 14.6. The molecule has 2 aliphatic rings. The number of benzene rings is 2. The number of amides is 2. The van der Waals surface area contributed by atoms with Crippen LogP contribution in [0.25, 0.3) is 0 Å². The number of imide groups is 1. The van der Waals surface area contributed by atoms with E-state index in [4.69, 9.17) is 9.47 Å². The predicted octanol–water partition coefficient (Wildman–Crippen LogP) is 2.05. The molecule has 0 saturated heterocycles. The maximum Gasteiger partial charge on any atom is 0.261 e. The van der Waals surface area contributed by atoms with Gasteiger partial charge in [-0.1, -0.05) is 24.3 Å². The number of carbonyl (C=O) groups is 2. The molecule has 2 aromatic carbocycles. The second kappa shape index (κ2) is 6.80. The minimum atomic E-state index is -0.217. The topological polar surface area (TPSA) is 59.1 Å². The van der Waals surface area contributed by atoms with Gasteiger partial charge in [-0.05, 0) is 31.3 Å². The van der Waals surface area contributed by atoms with Gasteiger partial charge in [0.15, 0.2) is 11.5 Å². The third-order valence-corrected chi connectivity index (χ3v) is 4.67. The highest BCUT2D eigenvalue weighted by molar-refractivity contribution is 6.21. The lowest BCUT2D eigenvalue weighted by molar-refractivity contribution is 0.0559. The Morgan fingerprint density at radius 3 is 2.31 bits per heavy atom. The van der Waals surface area contributed by atoms with E-state index in [9.17, 15) is 9.59 Å². The minimum Gasteiger partial charge on any atom is -0.486 e. The predicted molar refractivity (Wildman–Crippen MR) is 95.7 cm³/mol. The third kappa shape index (κ3) is 3.04. The van der Waals surface area contributed by atoms with Crippen LogP contribution >= 0.6 is 0 Å². The van der Waals surface area contributed by atoms with Crippen molar-refractivity contribution < 1.29 is 19.1 Å². The number of carbonyl (C=O) groups excluding carboxylic acids is 2. The van der Waals surface area contributed by atoms with Crippen LogP contribution in [-0.4, -0.2) is 61.0 Å². The SMILES string of the molecule is CN(CCN1C(=O)c2ccccc2C1=O)C[C@@H]1COc2ccccc2O1. The number of likely N-dealkylation sites (N-methyl/N-ethyl adjacent to an activating group) is 1. The summed E-state index contributed by atoms with van der Waals surface area (Å²) in [6.45, 7) is 2.06. The van der Waals surface area contributed by atoms with E-state index in [1.54, 1.807) is 24.3 Å². The van der Waals surface area contributed by atoms with Crippen molar-refractivity contribution in [3.8, 4) is 11.5 Å². The van der Waals surface area contributed by atoms with E-state index < -0.39 is 0 Å². The third-order valence-electron chi connectivity index (χ3n) is 4.67. The fourth-order valence-electron chi connectivity index (χ4n) is 3.30. The molecule has 0 aromatic heterocycles. The second-order valence-corrected chi connectivity index (χ2v) is 6.57. The average molecular weight is 352 g/mol. The van der Waals surface area contributed by atoms with Crippen molar-refractivity contribution in [2.45, 2.75) is 6.10 Å². The van der Waals surface area contributed by atoms with E-state index in [2.05, 4.69) is 0 Å². The van der Waals surface area contributed by atoms with Gasteiger partial charge in [-0.3, -0.25) is 14.5 Å². The molecule has 1 atom stereocenters. The minimum absolute atomic E-state index is 0.0860. The number of rotatable bonds is 5. The summed E-state index contributed by atoms with van der Waals surface area (Å²) < 4.78 is 11.7. The second-order valence-electron chi connectivity index (χ2n) is 6.57. The molecule has 2 heterocycles. The lowest BCUT2D eigenvalue weighted by Gasteiger charge is -2.30. The smallest absolute Gasteiger partial charge is 0.261 e. The molecule has 2 aliphatic heterocycles. The average Bonchev–Trinajstić information content (AvgIpc) is 2.91. The number of nitrogens with zero attached hydrogens (tertiary/aromatic N) is 2. The largest absolute Gasteiger partial charge is 0.486 e. The van der Waals surface area contributed by atoms with Gasteiger partial charge in [-0.15, -0.1) is 0 Å². The van der Waals surface area contributed by atoms with Crippen molar-refractivity contribution in [2.24, 2.45) is 0 Å². The van der Waals surface area contributed by atoms with Gasteiger partial charge in [0.25, 0.3) is 11.8 Å². The summed E-state index contributed by atoms with van der Waals surface area (Å²) in [5, 5.41) is 0. The first kappa shape index (κ1) is 16.6. The number of fused-ring (bicyclic) bond motifs is 2. The maximum atomic E-state index is 12.4. The van der Waals surface area contributed by atoms with Crippen molar-refractivity contribution in [2.75, 3.05) is 33.3 Å². The van der Waals surface area contributed by atoms with Gasteiger partial charge in [0, 0.05) is 19.6 Å². The van der Waals surface area contributed by atoms with Crippen molar-refractivity contribution in [3.63, 3.8) is 0 Å². The Balaban J connectivity index is 1.32. The van der Waals surface area contributed by atoms with Crippen LogP contribution in [0.1, 0.15) is 20.7 Å². The standard InChI is InChI=1S/C20H20N2O4/c1-21(12-14-13-25-17-8-4-5-9-18(17)26-14)10-11-22-19(23)15-6-2-3-7-16(15)20(22)24/h2-9,14H,10-13H2,1H3/t14-/m1/s1. The van der Waals surface area contributed by atoms with Gasteiger partial charge < -0.3 is 14.4 Å². The molecular formula is C20H20N2O4. The molecule has 134 valence electrons. The Morgan fingerprint density at radius 1 is 1.00 bits per heavy atom. The monoisotopic (exact) mass is 352 g/mol. The fourth-order valence-corrected chi connectivity index (χ4v) is 3.30. The molecule has 0 bridgehead atoms. The van der Waals surface area contributed by atoms with E-state index in [0.717, 1.165) is 11.5 Å². The molecule has 0 aliphatic carbocycles. The molecule has 6 heteroatoms. The summed E-state index contributed by atoms with van der Waals surface area (Å²) >= 11 is 0. The Morgan fingerprint density at radius 2 is 1.62 bits per heavy atom. The van der Waals surface area contributed by atoms with Crippen LogP contribution < -0.4 is 9.47 Å². The molecule has 2 aromatic rings. The van der Waals surface area contributed by atoms with E-state index in [-0.39, 0.29) is 17.9 Å². The van der Waals surface area contributed by atoms with E-state index >= 15 is 0 Å². The number of para-hydroxylation sites is 2. The molecule has 0 saturated carbocycles. The Hall–Kier alpha value is -2.86. The van der Waals surface area contributed by atoms with Gasteiger partial charge in [0.2, 0.25) is 0 Å². The Kier molecular flexibility index (Phi) is 4.34. The molecule has 0 unspecified atom stereocenters. The van der Waals surface area contributed by atoms with Crippen LogP contribution in [-0.2, 0) is 0 Å². The number of ether oxygens (including phenoxy) is 2. The van der Waals surface area contributed by atoms with Crippen LogP contribution in [0, 0.1) is 0 Å². The van der Waals surface area contributed by atoms with E-state index in [0.29, 0.717) is 37.4 Å². The molecule has 0 fully saturated rings. The maximum absolute atomic E-state index is 12.4. The first-order valence-electron chi connectivity index (χ1n) is 8.66. The van der Waals surface area contributed by atoms with Crippen molar-refractivity contribution in [1.82, 2.24) is 9.80 Å². The van der Waals surface area contributed by atoms with E-state index in [1.807, 2.05) is 36.2 Å². The number of hydrogen-bond donors (Lipinski definition) is 0. The lowest BCUT2D eigenvalue weighted by atomic mass is 10.1. The zero-order valence-electron chi connectivity index (χ0n) is 14.6. The van der Waals surface area contributed by atoms with Crippen LogP contribution in [0.15, 0.2) is 48.5 Å². The van der Waals surface area contributed by atoms with Crippen LogP contribution in [0.4, 0.5) is 0 Å². The normalized spacial score (nSPS) is 18.4. The summed E-state index contributed by atoms with van der Waals surface area (Å²) in [5.74, 6) is 1.07. The van der Waals surface area contributed by atoms with Crippen LogP contribution in [0.5, 0.6) is 11.5 Å². The fraction of sp³-hybridized carbons (Fsp3) is 0.300. The molecule has 0 spiro atoms. The highest BCUT2D eigenvalue weighted by Crippen LogP contribution is 2.31. The molecule has 0 N–H and O–H groups in total. The van der Waals surface area contributed by atoms with E-state index in [1.165, 1.54) is 4.90 Å². The van der Waals surface area contributed by atoms with Gasteiger partial charge in [-0.25, -0.2) is 0 Å². The molecule has 4 rings (SSSR count). The first-order valence-corrected chi connectivity index (χ1v) is 8.66. The highest BCUT2D eigenvalue weighted by atomic mass is 16.6. The van der Waals surface area contributed by atoms with Gasteiger partial charge in [-0.2, -0.15) is 0 Å². The van der Waals surface area contributed by atoms with Gasteiger partial charge >= 0.3 is 0 Å². The van der Waals surface area contributed by atoms with Gasteiger partial charge in [0.05, 0.1) is 11.1 Å². The van der Waals surface area contributed by atoms with Crippen LogP contribution in [0.3, 0.4) is 0 Å². The van der Waals surface area contributed by atoms with Crippen molar-refractivity contribution in [3.05, 3.63) is 59.7 Å². The summed E-state index contributed by atoms with van der Waals surface area (Å²) in [7, 11) is 1.95. The highest BCUT2D eigenvalue weighted by Gasteiger charge is 2.35. The summed E-state index contributed by atoms with van der Waals surface area (Å²) in [4.78, 5) is 28.1.